The van der Waals surface area contributed by atoms with Gasteiger partial charge in [0.15, 0.2) is 5.60 Å². The summed E-state index contributed by atoms with van der Waals surface area (Å²) in [6.45, 7) is 2.91. The standard InChI is InChI=1S/C26H30BrN3O4/c1-17(6-2-3-13-31)26(34)21-15-19(27)10-11-23(21)30(25(26)33)16-18-7-4-8-20(14-18)29-24(32)22-9-5-12-28-22/h2,4,6-8,10-11,14-15,17,22,28,31,34H,3,5,9,12-13,16H2,1H3,(H,29,32)/b6-2+/t17-,22+,26+/m0/s1. The quantitative estimate of drug-likeness (QED) is 0.394. The number of benzene rings is 2. The lowest BCUT2D eigenvalue weighted by Gasteiger charge is -2.27. The predicted octanol–water partition coefficient (Wildman–Crippen LogP) is 3.45. The van der Waals surface area contributed by atoms with Gasteiger partial charge in [-0.05, 0) is 61.7 Å². The molecule has 0 aliphatic carbocycles. The average molecular weight is 528 g/mol. The number of hydrogen-bond donors (Lipinski definition) is 4. The van der Waals surface area contributed by atoms with Crippen LogP contribution in [-0.2, 0) is 21.7 Å². The van der Waals surface area contributed by atoms with Crippen molar-refractivity contribution in [2.75, 3.05) is 23.4 Å². The molecule has 180 valence electrons. The number of carbonyl (C=O) groups excluding carboxylic acids is 2. The van der Waals surface area contributed by atoms with Gasteiger partial charge in [0.05, 0.1) is 18.3 Å². The lowest BCUT2D eigenvalue weighted by molar-refractivity contribution is -0.139. The van der Waals surface area contributed by atoms with E-state index in [1.807, 2.05) is 36.4 Å². The SMILES string of the molecule is C[C@@H](/C=C/CCO)[C@]1(O)C(=O)N(Cc2cccc(NC(=O)[C@H]3CCCN3)c2)c2ccc(Br)cc21. The van der Waals surface area contributed by atoms with E-state index >= 15 is 0 Å². The highest BCUT2D eigenvalue weighted by Crippen LogP contribution is 2.46. The highest BCUT2D eigenvalue weighted by Gasteiger charge is 2.52. The number of amides is 2. The molecule has 2 aromatic rings. The Morgan fingerprint density at radius 2 is 2.18 bits per heavy atom. The molecule has 3 atom stereocenters. The summed E-state index contributed by atoms with van der Waals surface area (Å²) < 4.78 is 0.774. The van der Waals surface area contributed by atoms with Crippen LogP contribution in [-0.4, -0.2) is 41.2 Å². The lowest BCUT2D eigenvalue weighted by Crippen LogP contribution is -2.44. The first-order valence-electron chi connectivity index (χ1n) is 11.6. The van der Waals surface area contributed by atoms with Gasteiger partial charge in [-0.2, -0.15) is 0 Å². The molecule has 2 amide bonds. The second-order valence-electron chi connectivity index (χ2n) is 8.89. The number of nitrogens with zero attached hydrogens (tertiary/aromatic N) is 1. The summed E-state index contributed by atoms with van der Waals surface area (Å²) in [5, 5.41) is 26.9. The van der Waals surface area contributed by atoms with Crippen LogP contribution in [0.2, 0.25) is 0 Å². The van der Waals surface area contributed by atoms with Crippen molar-refractivity contribution in [3.8, 4) is 0 Å². The van der Waals surface area contributed by atoms with Crippen molar-refractivity contribution >= 4 is 39.1 Å². The van der Waals surface area contributed by atoms with E-state index in [2.05, 4.69) is 26.6 Å². The number of aliphatic hydroxyl groups is 2. The summed E-state index contributed by atoms with van der Waals surface area (Å²) in [5.41, 5.74) is 0.999. The molecule has 2 aromatic carbocycles. The zero-order chi connectivity index (χ0) is 24.3. The maximum absolute atomic E-state index is 13.6. The Morgan fingerprint density at radius 1 is 1.35 bits per heavy atom. The van der Waals surface area contributed by atoms with Gasteiger partial charge in [0.1, 0.15) is 0 Å². The molecule has 0 radical (unpaired) electrons. The zero-order valence-electron chi connectivity index (χ0n) is 19.1. The predicted molar refractivity (Wildman–Crippen MR) is 135 cm³/mol. The molecule has 0 bridgehead atoms. The van der Waals surface area contributed by atoms with Crippen LogP contribution in [0, 0.1) is 5.92 Å². The zero-order valence-corrected chi connectivity index (χ0v) is 20.7. The number of hydrogen-bond acceptors (Lipinski definition) is 5. The van der Waals surface area contributed by atoms with Gasteiger partial charge in [-0.15, -0.1) is 0 Å². The second-order valence-corrected chi connectivity index (χ2v) is 9.80. The summed E-state index contributed by atoms with van der Waals surface area (Å²) in [7, 11) is 0. The average Bonchev–Trinajstić information content (AvgIpc) is 3.43. The van der Waals surface area contributed by atoms with E-state index in [1.54, 1.807) is 30.0 Å². The van der Waals surface area contributed by atoms with Crippen molar-refractivity contribution in [3.05, 3.63) is 70.2 Å². The second kappa shape index (κ2) is 10.4. The van der Waals surface area contributed by atoms with Crippen LogP contribution < -0.4 is 15.5 Å². The molecule has 7 nitrogen and oxygen atoms in total. The van der Waals surface area contributed by atoms with Gasteiger partial charge >= 0.3 is 0 Å². The number of rotatable bonds is 8. The van der Waals surface area contributed by atoms with E-state index in [-0.39, 0.29) is 25.1 Å². The third kappa shape index (κ3) is 4.81. The summed E-state index contributed by atoms with van der Waals surface area (Å²) in [4.78, 5) is 27.7. The Kier molecular flexibility index (Phi) is 7.52. The molecular weight excluding hydrogens is 498 g/mol. The van der Waals surface area contributed by atoms with Crippen LogP contribution in [0.5, 0.6) is 0 Å². The Balaban J connectivity index is 1.59. The molecule has 8 heteroatoms. The molecule has 1 saturated heterocycles. The van der Waals surface area contributed by atoms with Crippen LogP contribution in [0.15, 0.2) is 59.1 Å². The Bertz CT molecular complexity index is 1100. The monoisotopic (exact) mass is 527 g/mol. The van der Waals surface area contributed by atoms with Crippen molar-refractivity contribution in [1.29, 1.82) is 0 Å². The Labute approximate surface area is 208 Å². The minimum absolute atomic E-state index is 0.00748. The van der Waals surface area contributed by atoms with Crippen LogP contribution >= 0.6 is 15.9 Å². The van der Waals surface area contributed by atoms with Crippen LogP contribution in [0.25, 0.3) is 0 Å². The maximum atomic E-state index is 13.6. The first-order valence-corrected chi connectivity index (χ1v) is 12.4. The number of carbonyl (C=O) groups is 2. The van der Waals surface area contributed by atoms with Crippen LogP contribution in [0.3, 0.4) is 0 Å². The van der Waals surface area contributed by atoms with Crippen molar-refractivity contribution < 1.29 is 19.8 Å². The third-order valence-electron chi connectivity index (χ3n) is 6.52. The minimum Gasteiger partial charge on any atom is -0.396 e. The topological polar surface area (TPSA) is 102 Å². The third-order valence-corrected chi connectivity index (χ3v) is 7.02. The van der Waals surface area contributed by atoms with E-state index in [0.29, 0.717) is 23.4 Å². The van der Waals surface area contributed by atoms with Crippen LogP contribution in [0.4, 0.5) is 11.4 Å². The van der Waals surface area contributed by atoms with E-state index in [9.17, 15) is 14.7 Å². The Morgan fingerprint density at radius 3 is 2.91 bits per heavy atom. The van der Waals surface area contributed by atoms with Gasteiger partial charge in [-0.3, -0.25) is 9.59 Å². The van der Waals surface area contributed by atoms with Gasteiger partial charge in [-0.25, -0.2) is 0 Å². The first-order chi connectivity index (χ1) is 16.3. The molecular formula is C26H30BrN3O4. The number of halogens is 1. The lowest BCUT2D eigenvalue weighted by atomic mass is 9.83. The number of anilines is 2. The molecule has 34 heavy (non-hydrogen) atoms. The largest absolute Gasteiger partial charge is 0.396 e. The van der Waals surface area contributed by atoms with Crippen molar-refractivity contribution in [1.82, 2.24) is 5.32 Å². The van der Waals surface area contributed by atoms with E-state index in [4.69, 9.17) is 5.11 Å². The molecule has 0 unspecified atom stereocenters. The van der Waals surface area contributed by atoms with Crippen LogP contribution in [0.1, 0.15) is 37.3 Å². The van der Waals surface area contributed by atoms with Gasteiger partial charge in [0, 0.05) is 28.2 Å². The van der Waals surface area contributed by atoms with Crippen molar-refractivity contribution in [2.45, 2.75) is 44.4 Å². The summed E-state index contributed by atoms with van der Waals surface area (Å²) in [6.07, 6.45) is 5.82. The molecule has 4 rings (SSSR count). The molecule has 2 aliphatic rings. The van der Waals surface area contributed by atoms with E-state index in [1.165, 1.54) is 0 Å². The van der Waals surface area contributed by atoms with Crippen molar-refractivity contribution in [2.24, 2.45) is 5.92 Å². The fraction of sp³-hybridized carbons (Fsp3) is 0.385. The van der Waals surface area contributed by atoms with Gasteiger partial charge in [-0.1, -0.05) is 47.1 Å². The first kappa shape index (κ1) is 24.6. The summed E-state index contributed by atoms with van der Waals surface area (Å²) in [6, 6.07) is 12.7. The molecule has 2 heterocycles. The summed E-state index contributed by atoms with van der Waals surface area (Å²) >= 11 is 3.46. The molecule has 0 aromatic heterocycles. The smallest absolute Gasteiger partial charge is 0.264 e. The van der Waals surface area contributed by atoms with Gasteiger partial charge in [0.25, 0.3) is 5.91 Å². The van der Waals surface area contributed by atoms with Gasteiger partial charge < -0.3 is 25.7 Å². The molecule has 0 spiro atoms. The fourth-order valence-electron chi connectivity index (χ4n) is 4.66. The van der Waals surface area contributed by atoms with E-state index < -0.39 is 17.4 Å². The van der Waals surface area contributed by atoms with E-state index in [0.717, 1.165) is 29.4 Å². The normalized spacial score (nSPS) is 22.9. The molecule has 4 N–H and O–H groups in total. The van der Waals surface area contributed by atoms with Crippen molar-refractivity contribution in [3.63, 3.8) is 0 Å². The maximum Gasteiger partial charge on any atom is 0.264 e. The highest BCUT2D eigenvalue weighted by atomic mass is 79.9. The molecule has 2 aliphatic heterocycles. The molecule has 0 saturated carbocycles. The minimum atomic E-state index is -1.72. The Hall–Kier alpha value is -2.52. The number of fused-ring (bicyclic) bond motifs is 1. The molecule has 1 fully saturated rings. The summed E-state index contributed by atoms with van der Waals surface area (Å²) in [5.74, 6) is -0.944. The highest BCUT2D eigenvalue weighted by molar-refractivity contribution is 9.10. The van der Waals surface area contributed by atoms with Gasteiger partial charge in [0.2, 0.25) is 5.91 Å². The number of nitrogens with one attached hydrogen (secondary N) is 2. The number of aliphatic hydroxyl groups excluding tert-OH is 1. The fourth-order valence-corrected chi connectivity index (χ4v) is 5.02.